The Balaban J connectivity index is 2.79. The molecule has 14 heavy (non-hydrogen) atoms. The predicted octanol–water partition coefficient (Wildman–Crippen LogP) is 1.98. The van der Waals surface area contributed by atoms with Gasteiger partial charge in [-0.25, -0.2) is 0 Å². The van der Waals surface area contributed by atoms with Crippen LogP contribution in [0, 0.1) is 12.8 Å². The lowest BCUT2D eigenvalue weighted by Crippen LogP contribution is -2.13. The molecule has 0 bridgehead atoms. The Morgan fingerprint density at radius 3 is 2.79 bits per heavy atom. The van der Waals surface area contributed by atoms with Gasteiger partial charge in [-0.15, -0.1) is 0 Å². The van der Waals surface area contributed by atoms with Crippen LogP contribution in [-0.2, 0) is 17.8 Å². The quantitative estimate of drug-likeness (QED) is 0.734. The molecule has 0 aliphatic heterocycles. The first-order valence-corrected chi connectivity index (χ1v) is 5.08. The van der Waals surface area contributed by atoms with Crippen LogP contribution in [0.2, 0.25) is 0 Å². The molecule has 3 nitrogen and oxygen atoms in total. The van der Waals surface area contributed by atoms with Crippen LogP contribution in [0.3, 0.4) is 0 Å². The van der Waals surface area contributed by atoms with E-state index in [1.165, 1.54) is 0 Å². The van der Waals surface area contributed by atoms with Gasteiger partial charge in [-0.1, -0.05) is 6.92 Å². The third-order valence-electron chi connectivity index (χ3n) is 2.49. The van der Waals surface area contributed by atoms with Gasteiger partial charge in [0.2, 0.25) is 0 Å². The summed E-state index contributed by atoms with van der Waals surface area (Å²) < 4.78 is 1.97. The molecule has 0 aliphatic rings. The first-order chi connectivity index (χ1) is 6.54. The minimum absolute atomic E-state index is 0.0939. The van der Waals surface area contributed by atoms with Crippen LogP contribution in [0.1, 0.15) is 32.2 Å². The summed E-state index contributed by atoms with van der Waals surface area (Å²) in [6.07, 6.45) is 0.796. The first-order valence-electron chi connectivity index (χ1n) is 5.08. The Labute approximate surface area is 85.1 Å². The Morgan fingerprint density at radius 2 is 2.29 bits per heavy atom. The molecule has 0 aromatic carbocycles. The van der Waals surface area contributed by atoms with Crippen molar-refractivity contribution in [1.29, 1.82) is 0 Å². The van der Waals surface area contributed by atoms with E-state index in [0.717, 1.165) is 24.4 Å². The normalized spacial score (nSPS) is 12.9. The van der Waals surface area contributed by atoms with E-state index in [1.807, 2.05) is 18.5 Å². The van der Waals surface area contributed by atoms with E-state index in [-0.39, 0.29) is 11.7 Å². The summed E-state index contributed by atoms with van der Waals surface area (Å²) in [6.45, 7) is 8.52. The summed E-state index contributed by atoms with van der Waals surface area (Å²) in [6, 6.07) is 2.06. The van der Waals surface area contributed by atoms with Gasteiger partial charge in [-0.2, -0.15) is 5.10 Å². The van der Waals surface area contributed by atoms with Gasteiger partial charge in [-0.05, 0) is 33.3 Å². The lowest BCUT2D eigenvalue weighted by molar-refractivity contribution is -0.120. The second-order valence-electron chi connectivity index (χ2n) is 3.81. The Morgan fingerprint density at radius 1 is 1.64 bits per heavy atom. The molecule has 0 spiro atoms. The molecule has 1 rings (SSSR count). The van der Waals surface area contributed by atoms with Crippen molar-refractivity contribution in [2.45, 2.75) is 40.7 Å². The second kappa shape index (κ2) is 4.40. The highest BCUT2D eigenvalue weighted by Gasteiger charge is 2.12. The average Bonchev–Trinajstić information content (AvgIpc) is 2.45. The summed E-state index contributed by atoms with van der Waals surface area (Å²) in [5.74, 6) is 0.336. The molecule has 1 unspecified atom stereocenters. The van der Waals surface area contributed by atoms with E-state index in [4.69, 9.17) is 0 Å². The number of carbonyl (C=O) groups is 1. The van der Waals surface area contributed by atoms with E-state index in [9.17, 15) is 4.79 Å². The van der Waals surface area contributed by atoms with Crippen molar-refractivity contribution in [3.8, 4) is 0 Å². The lowest BCUT2D eigenvalue weighted by Gasteiger charge is -2.08. The monoisotopic (exact) mass is 194 g/mol. The maximum Gasteiger partial charge on any atom is 0.133 e. The number of ketones is 1. The number of carbonyl (C=O) groups excluding carboxylic acids is 1. The Bertz CT molecular complexity index is 328. The minimum Gasteiger partial charge on any atom is -0.300 e. The molecular formula is C11H18N2O. The number of hydrogen-bond acceptors (Lipinski definition) is 2. The third kappa shape index (κ3) is 2.44. The smallest absolute Gasteiger partial charge is 0.133 e. The van der Waals surface area contributed by atoms with Crippen LogP contribution in [0.4, 0.5) is 0 Å². The van der Waals surface area contributed by atoms with Gasteiger partial charge in [0.25, 0.3) is 0 Å². The molecule has 0 amide bonds. The van der Waals surface area contributed by atoms with Gasteiger partial charge in [0.15, 0.2) is 0 Å². The van der Waals surface area contributed by atoms with Crippen molar-refractivity contribution in [3.63, 3.8) is 0 Å². The van der Waals surface area contributed by atoms with Crippen molar-refractivity contribution in [2.24, 2.45) is 5.92 Å². The maximum absolute atomic E-state index is 11.1. The lowest BCUT2D eigenvalue weighted by atomic mass is 10.0. The largest absolute Gasteiger partial charge is 0.300 e. The van der Waals surface area contributed by atoms with Gasteiger partial charge in [0, 0.05) is 18.2 Å². The van der Waals surface area contributed by atoms with E-state index >= 15 is 0 Å². The molecule has 1 heterocycles. The Hall–Kier alpha value is -1.12. The Kier molecular flexibility index (Phi) is 3.44. The van der Waals surface area contributed by atoms with Crippen LogP contribution in [0.15, 0.2) is 6.07 Å². The summed E-state index contributed by atoms with van der Waals surface area (Å²) in [5, 5.41) is 4.35. The van der Waals surface area contributed by atoms with Gasteiger partial charge < -0.3 is 0 Å². The molecule has 78 valence electrons. The van der Waals surface area contributed by atoms with Crippen LogP contribution >= 0.6 is 0 Å². The molecule has 0 saturated heterocycles. The number of nitrogens with zero attached hydrogens (tertiary/aromatic N) is 2. The van der Waals surface area contributed by atoms with Crippen molar-refractivity contribution in [2.75, 3.05) is 0 Å². The molecule has 0 aliphatic carbocycles. The second-order valence-corrected chi connectivity index (χ2v) is 3.81. The third-order valence-corrected chi connectivity index (χ3v) is 2.49. The van der Waals surface area contributed by atoms with Crippen LogP contribution in [0.25, 0.3) is 0 Å². The van der Waals surface area contributed by atoms with E-state index in [1.54, 1.807) is 6.92 Å². The molecule has 0 saturated carbocycles. The predicted molar refractivity (Wildman–Crippen MR) is 56.2 cm³/mol. The number of Topliss-reactive ketones (excluding diaryl/α,β-unsaturated/α-hetero) is 1. The molecular weight excluding hydrogens is 176 g/mol. The van der Waals surface area contributed by atoms with Gasteiger partial charge >= 0.3 is 0 Å². The zero-order valence-electron chi connectivity index (χ0n) is 9.37. The fraction of sp³-hybridized carbons (Fsp3) is 0.636. The van der Waals surface area contributed by atoms with Crippen molar-refractivity contribution >= 4 is 5.78 Å². The van der Waals surface area contributed by atoms with Gasteiger partial charge in [0.1, 0.15) is 5.78 Å². The highest BCUT2D eigenvalue weighted by atomic mass is 16.1. The molecule has 0 N–H and O–H groups in total. The number of hydrogen-bond donors (Lipinski definition) is 0. The summed E-state index contributed by atoms with van der Waals surface area (Å²) in [5.41, 5.74) is 2.19. The summed E-state index contributed by atoms with van der Waals surface area (Å²) >= 11 is 0. The highest BCUT2D eigenvalue weighted by Crippen LogP contribution is 2.11. The topological polar surface area (TPSA) is 34.9 Å². The number of rotatable bonds is 4. The number of aryl methyl sites for hydroxylation is 2. The van der Waals surface area contributed by atoms with E-state index in [0.29, 0.717) is 0 Å². The van der Waals surface area contributed by atoms with Crippen molar-refractivity contribution < 1.29 is 4.79 Å². The average molecular weight is 194 g/mol. The molecule has 3 heteroatoms. The molecule has 1 aromatic heterocycles. The van der Waals surface area contributed by atoms with Crippen molar-refractivity contribution in [1.82, 2.24) is 9.78 Å². The highest BCUT2D eigenvalue weighted by molar-refractivity contribution is 5.78. The summed E-state index contributed by atoms with van der Waals surface area (Å²) in [7, 11) is 0. The van der Waals surface area contributed by atoms with Crippen molar-refractivity contribution in [3.05, 3.63) is 17.5 Å². The van der Waals surface area contributed by atoms with E-state index in [2.05, 4.69) is 18.1 Å². The van der Waals surface area contributed by atoms with Crippen LogP contribution < -0.4 is 0 Å². The number of aromatic nitrogens is 2. The van der Waals surface area contributed by atoms with Crippen LogP contribution in [0.5, 0.6) is 0 Å². The zero-order chi connectivity index (χ0) is 10.7. The summed E-state index contributed by atoms with van der Waals surface area (Å²) in [4.78, 5) is 11.1. The SMILES string of the molecule is CCn1nc(C)cc1CC(C)C(C)=O. The zero-order valence-corrected chi connectivity index (χ0v) is 9.37. The van der Waals surface area contributed by atoms with Gasteiger partial charge in [-0.3, -0.25) is 9.48 Å². The molecule has 0 fully saturated rings. The molecule has 0 radical (unpaired) electrons. The van der Waals surface area contributed by atoms with Gasteiger partial charge in [0.05, 0.1) is 5.69 Å². The fourth-order valence-electron chi connectivity index (χ4n) is 1.49. The first kappa shape index (κ1) is 11.0. The molecule has 1 aromatic rings. The van der Waals surface area contributed by atoms with Crippen LogP contribution in [-0.4, -0.2) is 15.6 Å². The minimum atomic E-state index is 0.0939. The maximum atomic E-state index is 11.1. The molecule has 1 atom stereocenters. The standard InChI is InChI=1S/C11H18N2O/c1-5-13-11(7-9(3)12-13)6-8(2)10(4)14/h7-8H,5-6H2,1-4H3. The van der Waals surface area contributed by atoms with E-state index < -0.39 is 0 Å². The fourth-order valence-corrected chi connectivity index (χ4v) is 1.49.